The fourth-order valence-electron chi connectivity index (χ4n) is 2.45. The van der Waals surface area contributed by atoms with Crippen LogP contribution in [0.15, 0.2) is 59.7 Å². The summed E-state index contributed by atoms with van der Waals surface area (Å²) in [5, 5.41) is 4.58. The van der Waals surface area contributed by atoms with E-state index in [4.69, 9.17) is 0 Å². The van der Waals surface area contributed by atoms with E-state index in [2.05, 4.69) is 41.7 Å². The van der Waals surface area contributed by atoms with Gasteiger partial charge in [0.15, 0.2) is 0 Å². The highest BCUT2D eigenvalue weighted by Crippen LogP contribution is 2.27. The fraction of sp³-hybridized carbons (Fsp3) is 0.188. The number of nitrogens with zero attached hydrogens (tertiary/aromatic N) is 1. The standard InChI is InChI=1S/C16H16N2/c1-12-11-13-7-5-6-10-15(13)16(12)18-17-14-8-3-2-4-9-14/h2-10,12,17H,11H2,1H3. The highest BCUT2D eigenvalue weighted by Gasteiger charge is 2.24. The Hall–Kier alpha value is -2.09. The zero-order chi connectivity index (χ0) is 12.4. The fourth-order valence-corrected chi connectivity index (χ4v) is 2.45. The van der Waals surface area contributed by atoms with Crippen molar-refractivity contribution in [2.45, 2.75) is 13.3 Å². The van der Waals surface area contributed by atoms with E-state index in [-0.39, 0.29) is 0 Å². The van der Waals surface area contributed by atoms with Crippen LogP contribution in [0, 0.1) is 5.92 Å². The van der Waals surface area contributed by atoms with Gasteiger partial charge in [-0.3, -0.25) is 5.43 Å². The van der Waals surface area contributed by atoms with Crippen molar-refractivity contribution in [3.63, 3.8) is 0 Å². The Labute approximate surface area is 107 Å². The molecule has 18 heavy (non-hydrogen) atoms. The molecule has 90 valence electrons. The highest BCUT2D eigenvalue weighted by molar-refractivity contribution is 6.06. The molecule has 0 heterocycles. The van der Waals surface area contributed by atoms with Crippen LogP contribution in [0.5, 0.6) is 0 Å². The van der Waals surface area contributed by atoms with Gasteiger partial charge in [-0.1, -0.05) is 49.4 Å². The van der Waals surface area contributed by atoms with Crippen LogP contribution in [0.25, 0.3) is 0 Å². The van der Waals surface area contributed by atoms with Crippen molar-refractivity contribution < 1.29 is 0 Å². The highest BCUT2D eigenvalue weighted by atomic mass is 15.3. The van der Waals surface area contributed by atoms with Gasteiger partial charge >= 0.3 is 0 Å². The topological polar surface area (TPSA) is 24.4 Å². The molecule has 1 unspecified atom stereocenters. The molecule has 1 atom stereocenters. The SMILES string of the molecule is CC1Cc2ccccc2C1=NNc1ccccc1. The summed E-state index contributed by atoms with van der Waals surface area (Å²) < 4.78 is 0. The number of rotatable bonds is 2. The van der Waals surface area contributed by atoms with Crippen LogP contribution in [-0.4, -0.2) is 5.71 Å². The van der Waals surface area contributed by atoms with Crippen molar-refractivity contribution in [3.8, 4) is 0 Å². The third-order valence-corrected chi connectivity index (χ3v) is 3.37. The van der Waals surface area contributed by atoms with Crippen LogP contribution in [0.4, 0.5) is 5.69 Å². The third kappa shape index (κ3) is 2.02. The molecule has 0 amide bonds. The summed E-state index contributed by atoms with van der Waals surface area (Å²) in [7, 11) is 0. The summed E-state index contributed by atoms with van der Waals surface area (Å²) >= 11 is 0. The smallest absolute Gasteiger partial charge is 0.0713 e. The third-order valence-electron chi connectivity index (χ3n) is 3.37. The van der Waals surface area contributed by atoms with E-state index >= 15 is 0 Å². The maximum absolute atomic E-state index is 4.58. The number of benzene rings is 2. The van der Waals surface area contributed by atoms with E-state index in [9.17, 15) is 0 Å². The van der Waals surface area contributed by atoms with Crippen LogP contribution in [0.1, 0.15) is 18.1 Å². The number of nitrogens with one attached hydrogen (secondary N) is 1. The van der Waals surface area contributed by atoms with Gasteiger partial charge in [0.05, 0.1) is 11.4 Å². The molecule has 0 aliphatic heterocycles. The van der Waals surface area contributed by atoms with Crippen molar-refractivity contribution >= 4 is 11.4 Å². The summed E-state index contributed by atoms with van der Waals surface area (Å²) in [4.78, 5) is 0. The maximum Gasteiger partial charge on any atom is 0.0713 e. The Morgan fingerprint density at radius 2 is 1.72 bits per heavy atom. The van der Waals surface area contributed by atoms with E-state index in [0.29, 0.717) is 5.92 Å². The first-order chi connectivity index (χ1) is 8.84. The molecule has 2 heteroatoms. The van der Waals surface area contributed by atoms with Crippen LogP contribution in [0.3, 0.4) is 0 Å². The molecule has 1 N–H and O–H groups in total. The van der Waals surface area contributed by atoms with Crippen LogP contribution in [-0.2, 0) is 6.42 Å². The summed E-state index contributed by atoms with van der Waals surface area (Å²) in [5.74, 6) is 0.485. The molecule has 0 saturated heterocycles. The number of anilines is 1. The largest absolute Gasteiger partial charge is 0.278 e. The van der Waals surface area contributed by atoms with Gasteiger partial charge in [0.1, 0.15) is 0 Å². The molecule has 2 aromatic carbocycles. The normalized spacial score (nSPS) is 19.8. The molecule has 1 aliphatic rings. The van der Waals surface area contributed by atoms with E-state index in [1.54, 1.807) is 0 Å². The van der Waals surface area contributed by atoms with Gasteiger partial charge in [-0.05, 0) is 24.1 Å². The van der Waals surface area contributed by atoms with Crippen LogP contribution in [0.2, 0.25) is 0 Å². The molecule has 2 nitrogen and oxygen atoms in total. The molecule has 0 aromatic heterocycles. The average molecular weight is 236 g/mol. The predicted molar refractivity (Wildman–Crippen MR) is 75.9 cm³/mol. The monoisotopic (exact) mass is 236 g/mol. The molecule has 2 aromatic rings. The van der Waals surface area contributed by atoms with Gasteiger partial charge in [0, 0.05) is 11.5 Å². The number of hydrogen-bond donors (Lipinski definition) is 1. The first-order valence-electron chi connectivity index (χ1n) is 6.31. The van der Waals surface area contributed by atoms with E-state index < -0.39 is 0 Å². The Morgan fingerprint density at radius 3 is 2.56 bits per heavy atom. The van der Waals surface area contributed by atoms with E-state index in [1.807, 2.05) is 30.3 Å². The van der Waals surface area contributed by atoms with Gasteiger partial charge in [0.25, 0.3) is 0 Å². The maximum atomic E-state index is 4.58. The van der Waals surface area contributed by atoms with Gasteiger partial charge in [-0.25, -0.2) is 0 Å². The lowest BCUT2D eigenvalue weighted by Gasteiger charge is -2.06. The summed E-state index contributed by atoms with van der Waals surface area (Å²) in [6.07, 6.45) is 1.09. The lowest BCUT2D eigenvalue weighted by molar-refractivity contribution is 0.798. The first kappa shape index (κ1) is 11.0. The Balaban J connectivity index is 1.88. The minimum Gasteiger partial charge on any atom is -0.278 e. The molecule has 3 rings (SSSR count). The summed E-state index contributed by atoms with van der Waals surface area (Å²) in [6.45, 7) is 2.23. The molecular formula is C16H16N2. The van der Waals surface area contributed by atoms with Crippen LogP contribution >= 0.6 is 0 Å². The molecule has 0 bridgehead atoms. The first-order valence-corrected chi connectivity index (χ1v) is 6.31. The zero-order valence-electron chi connectivity index (χ0n) is 10.4. The van der Waals surface area contributed by atoms with E-state index in [0.717, 1.165) is 17.8 Å². The number of hydrogen-bond acceptors (Lipinski definition) is 2. The number of fused-ring (bicyclic) bond motifs is 1. The van der Waals surface area contributed by atoms with Crippen molar-refractivity contribution in [2.75, 3.05) is 5.43 Å². The minimum absolute atomic E-state index is 0.485. The predicted octanol–water partition coefficient (Wildman–Crippen LogP) is 3.70. The minimum atomic E-state index is 0.485. The van der Waals surface area contributed by atoms with Gasteiger partial charge in [-0.15, -0.1) is 0 Å². The Bertz CT molecular complexity index is 573. The van der Waals surface area contributed by atoms with E-state index in [1.165, 1.54) is 11.1 Å². The number of hydrazone groups is 1. The van der Waals surface area contributed by atoms with Gasteiger partial charge in [0.2, 0.25) is 0 Å². The van der Waals surface area contributed by atoms with Gasteiger partial charge < -0.3 is 0 Å². The molecule has 0 fully saturated rings. The molecule has 0 radical (unpaired) electrons. The zero-order valence-corrected chi connectivity index (χ0v) is 10.4. The average Bonchev–Trinajstić information content (AvgIpc) is 2.73. The molecule has 0 saturated carbocycles. The van der Waals surface area contributed by atoms with Gasteiger partial charge in [-0.2, -0.15) is 5.10 Å². The number of para-hydroxylation sites is 1. The van der Waals surface area contributed by atoms with Crippen molar-refractivity contribution in [3.05, 3.63) is 65.7 Å². The summed E-state index contributed by atoms with van der Waals surface area (Å²) in [5.41, 5.74) is 8.02. The van der Waals surface area contributed by atoms with Crippen LogP contribution < -0.4 is 5.43 Å². The van der Waals surface area contributed by atoms with Crippen molar-refractivity contribution in [1.29, 1.82) is 0 Å². The Kier molecular flexibility index (Phi) is 2.85. The Morgan fingerprint density at radius 1 is 1.00 bits per heavy atom. The molecule has 0 spiro atoms. The second-order valence-corrected chi connectivity index (χ2v) is 4.74. The second-order valence-electron chi connectivity index (χ2n) is 4.74. The molecule has 1 aliphatic carbocycles. The lowest BCUT2D eigenvalue weighted by atomic mass is 10.1. The molecular weight excluding hydrogens is 220 g/mol. The summed E-state index contributed by atoms with van der Waals surface area (Å²) in [6, 6.07) is 18.6. The quantitative estimate of drug-likeness (QED) is 0.790. The lowest BCUT2D eigenvalue weighted by Crippen LogP contribution is -2.08. The van der Waals surface area contributed by atoms with Crippen molar-refractivity contribution in [2.24, 2.45) is 11.0 Å². The second kappa shape index (κ2) is 4.65. The van der Waals surface area contributed by atoms with Crippen molar-refractivity contribution in [1.82, 2.24) is 0 Å².